The smallest absolute Gasteiger partial charge is 0.333 e. The van der Waals surface area contributed by atoms with E-state index in [-0.39, 0.29) is 10.9 Å². The van der Waals surface area contributed by atoms with Gasteiger partial charge in [-0.1, -0.05) is 35.9 Å². The molecule has 0 fully saturated rings. The number of primary amides is 1. The minimum Gasteiger partial charge on any atom is -0.386 e. The fourth-order valence-corrected chi connectivity index (χ4v) is 6.02. The molecular weight excluding hydrogens is 523 g/mol. The minimum absolute atomic E-state index is 0.0632. The summed E-state index contributed by atoms with van der Waals surface area (Å²) in [7, 11) is 0. The summed E-state index contributed by atoms with van der Waals surface area (Å²) in [5, 5.41) is 11.5. The number of carbonyl (C=O) groups is 1. The fraction of sp³-hybridized carbons (Fsp3) is 0.219. The van der Waals surface area contributed by atoms with E-state index < -0.39 is 34.5 Å². The van der Waals surface area contributed by atoms with Crippen LogP contribution in [0.2, 0.25) is 0 Å². The van der Waals surface area contributed by atoms with Gasteiger partial charge in [-0.3, -0.25) is 9.59 Å². The molecule has 1 aliphatic rings. The quantitative estimate of drug-likeness (QED) is 0.259. The predicted molar refractivity (Wildman–Crippen MR) is 157 cm³/mol. The summed E-state index contributed by atoms with van der Waals surface area (Å²) in [6.07, 6.45) is 0.391. The standard InChI is InChI=1S/C32H29FN4O4/c1-15-13-21(29(34)38)28-26(19-12-11-17(32(3,4)41)14-23(19)35-28)25(15)18-7-6-10-24(16(18)2)37-30(39)20-8-5-9-22(33)27(20)36-31(37)40/h5-12,14,21,35,41H,13H2,1-4H3,(H2,34,38)(H,36,40)/t21-/m0/s1. The molecule has 1 amide bonds. The van der Waals surface area contributed by atoms with Crippen LogP contribution in [0.25, 0.3) is 33.1 Å². The van der Waals surface area contributed by atoms with Gasteiger partial charge in [0.2, 0.25) is 5.91 Å². The van der Waals surface area contributed by atoms with Crippen LogP contribution in [0.1, 0.15) is 61.1 Å². The van der Waals surface area contributed by atoms with Crippen LogP contribution in [0.4, 0.5) is 4.39 Å². The van der Waals surface area contributed by atoms with Gasteiger partial charge in [-0.25, -0.2) is 13.8 Å². The molecule has 0 radical (unpaired) electrons. The molecule has 2 aromatic heterocycles. The summed E-state index contributed by atoms with van der Waals surface area (Å²) in [6.45, 7) is 7.19. The van der Waals surface area contributed by atoms with Crippen LogP contribution < -0.4 is 17.0 Å². The lowest BCUT2D eigenvalue weighted by atomic mass is 9.78. The molecule has 0 spiro atoms. The first-order valence-electron chi connectivity index (χ1n) is 13.3. The molecule has 1 aliphatic carbocycles. The molecule has 0 saturated heterocycles. The minimum atomic E-state index is -1.06. The molecule has 6 rings (SSSR count). The Morgan fingerprint density at radius 2 is 1.78 bits per heavy atom. The average molecular weight is 553 g/mol. The second-order valence-electron chi connectivity index (χ2n) is 11.2. The molecule has 3 aromatic carbocycles. The molecular formula is C32H29FN4O4. The van der Waals surface area contributed by atoms with Crippen LogP contribution >= 0.6 is 0 Å². The Kier molecular flexibility index (Phi) is 5.90. The van der Waals surface area contributed by atoms with Crippen LogP contribution in [-0.2, 0) is 10.4 Å². The van der Waals surface area contributed by atoms with Gasteiger partial charge >= 0.3 is 5.69 Å². The zero-order valence-electron chi connectivity index (χ0n) is 23.1. The van der Waals surface area contributed by atoms with E-state index in [0.29, 0.717) is 28.9 Å². The Labute approximate surface area is 234 Å². The third-order valence-electron chi connectivity index (χ3n) is 8.11. The Morgan fingerprint density at radius 1 is 1.05 bits per heavy atom. The van der Waals surface area contributed by atoms with E-state index in [1.54, 1.807) is 26.0 Å². The summed E-state index contributed by atoms with van der Waals surface area (Å²) in [5.41, 5.74) is 9.84. The van der Waals surface area contributed by atoms with Gasteiger partial charge in [0.05, 0.1) is 28.1 Å². The van der Waals surface area contributed by atoms with Gasteiger partial charge in [0.1, 0.15) is 5.82 Å². The summed E-state index contributed by atoms with van der Waals surface area (Å²) in [5.74, 6) is -1.71. The molecule has 0 aliphatic heterocycles. The van der Waals surface area contributed by atoms with Crippen molar-refractivity contribution in [1.82, 2.24) is 14.5 Å². The molecule has 2 heterocycles. The van der Waals surface area contributed by atoms with Gasteiger partial charge in [0.15, 0.2) is 0 Å². The molecule has 8 nitrogen and oxygen atoms in total. The lowest BCUT2D eigenvalue weighted by Gasteiger charge is -2.26. The van der Waals surface area contributed by atoms with Crippen molar-refractivity contribution in [1.29, 1.82) is 0 Å². The van der Waals surface area contributed by atoms with E-state index in [1.807, 2.05) is 38.1 Å². The first kappa shape index (κ1) is 26.5. The maximum Gasteiger partial charge on any atom is 0.333 e. The number of para-hydroxylation sites is 1. The average Bonchev–Trinajstić information content (AvgIpc) is 3.28. The van der Waals surface area contributed by atoms with Crippen LogP contribution in [0.15, 0.2) is 69.8 Å². The first-order valence-corrected chi connectivity index (χ1v) is 13.3. The lowest BCUT2D eigenvalue weighted by Crippen LogP contribution is -2.34. The van der Waals surface area contributed by atoms with Crippen molar-refractivity contribution < 1.29 is 14.3 Å². The number of fused-ring (bicyclic) bond motifs is 4. The number of rotatable bonds is 4. The molecule has 0 saturated carbocycles. The van der Waals surface area contributed by atoms with Crippen molar-refractivity contribution in [2.75, 3.05) is 0 Å². The Bertz CT molecular complexity index is 2070. The monoisotopic (exact) mass is 552 g/mol. The maximum absolute atomic E-state index is 14.4. The number of carbonyl (C=O) groups excluding carboxylic acids is 1. The van der Waals surface area contributed by atoms with Crippen LogP contribution in [0.5, 0.6) is 0 Å². The molecule has 208 valence electrons. The number of aliphatic hydroxyl groups is 1. The van der Waals surface area contributed by atoms with Crippen molar-refractivity contribution in [3.05, 3.63) is 115 Å². The highest BCUT2D eigenvalue weighted by Crippen LogP contribution is 2.46. The number of benzene rings is 3. The lowest BCUT2D eigenvalue weighted by molar-refractivity contribution is -0.119. The van der Waals surface area contributed by atoms with E-state index >= 15 is 0 Å². The maximum atomic E-state index is 14.4. The van der Waals surface area contributed by atoms with Crippen molar-refractivity contribution in [2.24, 2.45) is 5.73 Å². The number of aromatic amines is 2. The van der Waals surface area contributed by atoms with Crippen molar-refractivity contribution in [3.8, 4) is 5.69 Å². The van der Waals surface area contributed by atoms with E-state index in [0.717, 1.165) is 37.7 Å². The number of aromatic nitrogens is 3. The zero-order valence-corrected chi connectivity index (χ0v) is 23.1. The van der Waals surface area contributed by atoms with E-state index in [4.69, 9.17) is 5.73 Å². The van der Waals surface area contributed by atoms with Crippen LogP contribution in [0.3, 0.4) is 0 Å². The highest BCUT2D eigenvalue weighted by atomic mass is 19.1. The largest absolute Gasteiger partial charge is 0.386 e. The van der Waals surface area contributed by atoms with E-state index in [9.17, 15) is 23.9 Å². The molecule has 0 unspecified atom stereocenters. The number of hydrogen-bond donors (Lipinski definition) is 4. The summed E-state index contributed by atoms with van der Waals surface area (Å²) < 4.78 is 15.4. The summed E-state index contributed by atoms with van der Waals surface area (Å²) in [6, 6.07) is 15.1. The van der Waals surface area contributed by atoms with Crippen LogP contribution in [-0.4, -0.2) is 25.5 Å². The number of amides is 1. The number of nitrogens with one attached hydrogen (secondary N) is 2. The van der Waals surface area contributed by atoms with Crippen molar-refractivity contribution >= 4 is 33.3 Å². The van der Waals surface area contributed by atoms with Gasteiger partial charge in [-0.15, -0.1) is 0 Å². The Morgan fingerprint density at radius 3 is 2.49 bits per heavy atom. The highest BCUT2D eigenvalue weighted by Gasteiger charge is 2.34. The zero-order chi connectivity index (χ0) is 29.4. The third-order valence-corrected chi connectivity index (χ3v) is 8.11. The normalized spacial score (nSPS) is 15.5. The number of nitrogens with two attached hydrogens (primary N) is 1. The van der Waals surface area contributed by atoms with Gasteiger partial charge in [0, 0.05) is 22.2 Å². The topological polar surface area (TPSA) is 134 Å². The second kappa shape index (κ2) is 9.14. The number of halogens is 1. The number of nitrogens with zero attached hydrogens (tertiary/aromatic N) is 1. The SMILES string of the molecule is CC1=C(c2cccc(-n3c(=O)[nH]c4c(F)cccc4c3=O)c2C)c2c([nH]c3cc(C(C)(C)O)ccc23)[C@@H](C(N)=O)C1. The molecule has 1 atom stereocenters. The Hall–Kier alpha value is -4.76. The first-order chi connectivity index (χ1) is 19.4. The van der Waals surface area contributed by atoms with E-state index in [1.165, 1.54) is 18.2 Å². The molecule has 5 N–H and O–H groups in total. The molecule has 5 aromatic rings. The van der Waals surface area contributed by atoms with E-state index in [2.05, 4.69) is 9.97 Å². The Balaban J connectivity index is 1.62. The van der Waals surface area contributed by atoms with Crippen molar-refractivity contribution in [3.63, 3.8) is 0 Å². The number of allylic oxidation sites excluding steroid dienone is 1. The van der Waals surface area contributed by atoms with Crippen LogP contribution in [0, 0.1) is 12.7 Å². The fourth-order valence-electron chi connectivity index (χ4n) is 6.02. The number of hydrogen-bond acceptors (Lipinski definition) is 4. The molecule has 9 heteroatoms. The van der Waals surface area contributed by atoms with Gasteiger partial charge in [-0.05, 0) is 80.6 Å². The molecule has 0 bridgehead atoms. The number of H-pyrrole nitrogens is 2. The predicted octanol–water partition coefficient (Wildman–Crippen LogP) is 4.63. The summed E-state index contributed by atoms with van der Waals surface area (Å²) in [4.78, 5) is 45.1. The summed E-state index contributed by atoms with van der Waals surface area (Å²) >= 11 is 0. The van der Waals surface area contributed by atoms with Crippen molar-refractivity contribution in [2.45, 2.75) is 45.6 Å². The van der Waals surface area contributed by atoms with Gasteiger partial charge < -0.3 is 20.8 Å². The second-order valence-corrected chi connectivity index (χ2v) is 11.2. The van der Waals surface area contributed by atoms with Gasteiger partial charge in [0.25, 0.3) is 5.56 Å². The van der Waals surface area contributed by atoms with Gasteiger partial charge in [-0.2, -0.15) is 0 Å². The third kappa shape index (κ3) is 4.03. The molecule has 41 heavy (non-hydrogen) atoms. The highest BCUT2D eigenvalue weighted by molar-refractivity contribution is 6.03.